The number of hydrogen-bond acceptors (Lipinski definition) is 5. The van der Waals surface area contributed by atoms with E-state index in [0.717, 1.165) is 83.9 Å². The van der Waals surface area contributed by atoms with Gasteiger partial charge in [-0.3, -0.25) is 0 Å². The Morgan fingerprint density at radius 2 is 0.947 bits per heavy atom. The van der Waals surface area contributed by atoms with Gasteiger partial charge in [0, 0.05) is 40.8 Å². The van der Waals surface area contributed by atoms with Crippen LogP contribution in [0.4, 0.5) is 0 Å². The average molecular weight is 746 g/mol. The number of aryl methyl sites for hydroxylation is 4. The van der Waals surface area contributed by atoms with Crippen LogP contribution in [0.25, 0.3) is 91.0 Å². The molecule has 0 spiro atoms. The fraction of sp³-hybridized carbons (Fsp3) is 0.137. The molecule has 0 fully saturated rings. The van der Waals surface area contributed by atoms with Crippen molar-refractivity contribution < 1.29 is 14.3 Å². The second-order valence-corrected chi connectivity index (χ2v) is 14.9. The molecule has 7 aromatic rings. The van der Waals surface area contributed by atoms with Crippen molar-refractivity contribution >= 4 is 46.5 Å². The Bertz CT molecular complexity index is 2830. The standard InChI is InChI=1S/C51H43N3O3/c1-31-6-13-35(14-7-31)48-39-19-20-40(52-39)49(36-15-8-32(2)9-16-36)42-22-24-44(54-42)51(38-30-34(4)12-25-45(38)56-29-5-28-55)47-27-26-46(57-47)50(43-23-21-41(48)53-43)37-17-10-33(3)11-18-37/h6-27,30,52,55H,5,28-29H2,1-4H3. The second-order valence-electron chi connectivity index (χ2n) is 14.9. The number of fused-ring (bicyclic) bond motifs is 8. The van der Waals surface area contributed by atoms with Crippen molar-refractivity contribution in [2.45, 2.75) is 34.1 Å². The van der Waals surface area contributed by atoms with Gasteiger partial charge in [0.2, 0.25) is 0 Å². The molecule has 6 heteroatoms. The molecule has 2 aliphatic rings. The van der Waals surface area contributed by atoms with Crippen molar-refractivity contribution in [2.75, 3.05) is 13.2 Å². The molecule has 5 heterocycles. The first-order valence-electron chi connectivity index (χ1n) is 19.5. The lowest BCUT2D eigenvalue weighted by Crippen LogP contribution is -2.01. The molecule has 0 atom stereocenters. The highest BCUT2D eigenvalue weighted by molar-refractivity contribution is 5.99. The summed E-state index contributed by atoms with van der Waals surface area (Å²) in [4.78, 5) is 14.6. The van der Waals surface area contributed by atoms with Crippen molar-refractivity contribution in [1.29, 1.82) is 0 Å². The van der Waals surface area contributed by atoms with Crippen LogP contribution in [0.15, 0.2) is 120 Å². The number of furan rings is 1. The van der Waals surface area contributed by atoms with Crippen LogP contribution in [-0.2, 0) is 0 Å². The number of nitrogens with zero attached hydrogens (tertiary/aromatic N) is 2. The maximum Gasteiger partial charge on any atom is 0.137 e. The first kappa shape index (κ1) is 35.9. The molecule has 4 aromatic carbocycles. The van der Waals surface area contributed by atoms with Gasteiger partial charge in [0.1, 0.15) is 16.9 Å². The molecule has 6 nitrogen and oxygen atoms in total. The minimum absolute atomic E-state index is 0.0462. The smallest absolute Gasteiger partial charge is 0.137 e. The Balaban J connectivity index is 1.45. The average Bonchev–Trinajstić information content (AvgIpc) is 4.06. The Morgan fingerprint density at radius 3 is 1.46 bits per heavy atom. The van der Waals surface area contributed by atoms with E-state index >= 15 is 0 Å². The molecule has 3 aromatic heterocycles. The van der Waals surface area contributed by atoms with Gasteiger partial charge in [-0.2, -0.15) is 0 Å². The molecule has 0 aliphatic carbocycles. The molecule has 2 aliphatic heterocycles. The van der Waals surface area contributed by atoms with Gasteiger partial charge in [-0.15, -0.1) is 0 Å². The van der Waals surface area contributed by atoms with Gasteiger partial charge in [-0.05, 0) is 105 Å². The van der Waals surface area contributed by atoms with Crippen LogP contribution in [0.1, 0.15) is 51.5 Å². The number of rotatable bonds is 8. The summed E-state index contributed by atoms with van der Waals surface area (Å²) in [5.74, 6) is 0.696. The van der Waals surface area contributed by atoms with E-state index in [1.54, 1.807) is 0 Å². The van der Waals surface area contributed by atoms with Crippen LogP contribution in [0, 0.1) is 27.7 Å². The fourth-order valence-electron chi connectivity index (χ4n) is 7.64. The minimum atomic E-state index is 0.0462. The summed E-state index contributed by atoms with van der Waals surface area (Å²) in [6, 6.07) is 40.3. The molecule has 8 bridgehead atoms. The van der Waals surface area contributed by atoms with Crippen molar-refractivity contribution in [3.63, 3.8) is 0 Å². The van der Waals surface area contributed by atoms with E-state index in [4.69, 9.17) is 19.1 Å². The zero-order valence-corrected chi connectivity index (χ0v) is 32.6. The molecule has 0 saturated carbocycles. The van der Waals surface area contributed by atoms with E-state index in [1.165, 1.54) is 16.7 Å². The van der Waals surface area contributed by atoms with Gasteiger partial charge in [-0.1, -0.05) is 101 Å². The van der Waals surface area contributed by atoms with E-state index in [1.807, 2.05) is 24.3 Å². The SMILES string of the molecule is Cc1ccc(-c2c3nc(c(-c4ccc(C)cc4)c4ccc(o4)c(-c4cc(C)ccc4OCCCO)c4nc(c(-c5ccc(C)cc5)c5ccc2[nH]5)C=C4)C=C3)cc1. The first-order valence-corrected chi connectivity index (χ1v) is 19.5. The van der Waals surface area contributed by atoms with Gasteiger partial charge in [0.15, 0.2) is 0 Å². The third kappa shape index (κ3) is 7.01. The number of hydrogen-bond donors (Lipinski definition) is 2. The summed E-state index contributed by atoms with van der Waals surface area (Å²) < 4.78 is 13.3. The summed E-state index contributed by atoms with van der Waals surface area (Å²) in [5.41, 5.74) is 18.8. The lowest BCUT2D eigenvalue weighted by molar-refractivity contribution is 0.234. The number of aromatic nitrogens is 3. The van der Waals surface area contributed by atoms with Crippen molar-refractivity contribution in [3.05, 3.63) is 160 Å². The lowest BCUT2D eigenvalue weighted by Gasteiger charge is -2.13. The maximum absolute atomic E-state index is 9.59. The molecule has 280 valence electrons. The van der Waals surface area contributed by atoms with E-state index in [9.17, 15) is 5.11 Å². The highest BCUT2D eigenvalue weighted by Crippen LogP contribution is 2.42. The molecule has 57 heavy (non-hydrogen) atoms. The quantitative estimate of drug-likeness (QED) is 0.151. The number of ether oxygens (including phenoxy) is 1. The van der Waals surface area contributed by atoms with Gasteiger partial charge in [0.25, 0.3) is 0 Å². The van der Waals surface area contributed by atoms with Gasteiger partial charge in [0.05, 0.1) is 40.5 Å². The molecular weight excluding hydrogens is 703 g/mol. The number of aromatic amines is 1. The Kier molecular flexibility index (Phi) is 9.49. The summed E-state index contributed by atoms with van der Waals surface area (Å²) >= 11 is 0. The Hall–Kier alpha value is -6.76. The molecule has 0 amide bonds. The predicted molar refractivity (Wildman–Crippen MR) is 235 cm³/mol. The van der Waals surface area contributed by atoms with Crippen LogP contribution < -0.4 is 4.74 Å². The van der Waals surface area contributed by atoms with E-state index in [0.29, 0.717) is 29.9 Å². The maximum atomic E-state index is 9.59. The lowest BCUT2D eigenvalue weighted by atomic mass is 10.0. The Labute approximate surface area is 332 Å². The van der Waals surface area contributed by atoms with Crippen LogP contribution in [0.5, 0.6) is 5.75 Å². The highest BCUT2D eigenvalue weighted by Gasteiger charge is 2.21. The number of aliphatic hydroxyl groups excluding tert-OH is 1. The third-order valence-electron chi connectivity index (χ3n) is 10.6. The van der Waals surface area contributed by atoms with Crippen LogP contribution >= 0.6 is 0 Å². The molecule has 2 N–H and O–H groups in total. The molecule has 0 unspecified atom stereocenters. The van der Waals surface area contributed by atoms with Crippen molar-refractivity contribution in [3.8, 4) is 50.3 Å². The van der Waals surface area contributed by atoms with E-state index < -0.39 is 0 Å². The summed E-state index contributed by atoms with van der Waals surface area (Å²) in [5, 5.41) is 9.59. The zero-order valence-electron chi connectivity index (χ0n) is 32.6. The van der Waals surface area contributed by atoms with Gasteiger partial charge in [-0.25, -0.2) is 9.97 Å². The predicted octanol–water partition coefficient (Wildman–Crippen LogP) is 12.6. The van der Waals surface area contributed by atoms with E-state index in [-0.39, 0.29) is 6.61 Å². The van der Waals surface area contributed by atoms with Crippen LogP contribution in [0.3, 0.4) is 0 Å². The second kappa shape index (κ2) is 15.1. The fourth-order valence-corrected chi connectivity index (χ4v) is 7.64. The zero-order chi connectivity index (χ0) is 39.0. The molecule has 0 saturated heterocycles. The number of nitrogens with one attached hydrogen (secondary N) is 1. The number of benzene rings is 4. The first-order chi connectivity index (χ1) is 27.8. The number of H-pyrrole nitrogens is 1. The molecule has 0 radical (unpaired) electrons. The van der Waals surface area contributed by atoms with Crippen molar-refractivity contribution in [1.82, 2.24) is 15.0 Å². The van der Waals surface area contributed by atoms with E-state index in [2.05, 4.69) is 148 Å². The van der Waals surface area contributed by atoms with Gasteiger partial charge >= 0.3 is 0 Å². The largest absolute Gasteiger partial charge is 0.493 e. The minimum Gasteiger partial charge on any atom is -0.493 e. The molecular formula is C51H43N3O3. The topological polar surface area (TPSA) is 84.2 Å². The molecule has 9 rings (SSSR count). The normalized spacial score (nSPS) is 12.0. The van der Waals surface area contributed by atoms with Crippen LogP contribution in [0.2, 0.25) is 0 Å². The van der Waals surface area contributed by atoms with Crippen molar-refractivity contribution in [2.24, 2.45) is 0 Å². The third-order valence-corrected chi connectivity index (χ3v) is 10.6. The summed E-state index contributed by atoms with van der Waals surface area (Å²) in [6.45, 7) is 8.80. The monoisotopic (exact) mass is 745 g/mol. The number of aliphatic hydroxyl groups is 1. The Morgan fingerprint density at radius 1 is 0.509 bits per heavy atom. The summed E-state index contributed by atoms with van der Waals surface area (Å²) in [7, 11) is 0. The van der Waals surface area contributed by atoms with Crippen LogP contribution in [-0.4, -0.2) is 33.3 Å². The summed E-state index contributed by atoms with van der Waals surface area (Å²) in [6.07, 6.45) is 8.88. The highest BCUT2D eigenvalue weighted by atomic mass is 16.5. The van der Waals surface area contributed by atoms with Gasteiger partial charge < -0.3 is 19.2 Å².